The van der Waals surface area contributed by atoms with Crippen LogP contribution in [-0.2, 0) is 16.6 Å². The predicted octanol–water partition coefficient (Wildman–Crippen LogP) is 3.60. The molecule has 8 atom stereocenters. The lowest BCUT2D eigenvalue weighted by molar-refractivity contribution is -0.231. The van der Waals surface area contributed by atoms with Crippen molar-refractivity contribution in [3.8, 4) is 5.75 Å². The topological polar surface area (TPSA) is 53.0 Å². The van der Waals surface area contributed by atoms with Crippen molar-refractivity contribution in [2.75, 3.05) is 13.1 Å². The fourth-order valence-corrected chi connectivity index (χ4v) is 9.92. The Kier molecular flexibility index (Phi) is 3.65. The number of hydrogen-bond acceptors (Lipinski definition) is 4. The number of carbonyl (C=O) groups excluding carboxylic acids is 1. The number of rotatable bonds is 2. The zero-order valence-corrected chi connectivity index (χ0v) is 19.9. The molecule has 5 fully saturated rings. The first-order valence-electron chi connectivity index (χ1n) is 13.1. The summed E-state index contributed by atoms with van der Waals surface area (Å²) in [6, 6.07) is 17.0. The fraction of sp³-hybridized carbons (Fsp3) is 0.552. The van der Waals surface area contributed by atoms with E-state index in [1.165, 1.54) is 11.1 Å². The maximum Gasteiger partial charge on any atom is 0.254 e. The average molecular weight is 457 g/mol. The second kappa shape index (κ2) is 6.24. The minimum atomic E-state index is -0.187. The lowest BCUT2D eigenvalue weighted by atomic mass is 9.34. The van der Waals surface area contributed by atoms with Gasteiger partial charge in [-0.3, -0.25) is 9.69 Å². The number of nitrogens with zero attached hydrogens (tertiary/aromatic N) is 2. The Morgan fingerprint density at radius 1 is 1.12 bits per heavy atom. The summed E-state index contributed by atoms with van der Waals surface area (Å²) in [5, 5.41) is 10.6. The molecule has 5 nitrogen and oxygen atoms in total. The molecule has 1 N–H and O–H groups in total. The SMILES string of the molecule is CC(C)N1CC2Cc3ccc(O)cc3C34C5C6CCC3(O[C@@H]5CN6C(=O)c3ccccc3)C1[C@H]24. The average Bonchev–Trinajstić information content (AvgIpc) is 3.38. The molecule has 3 aliphatic heterocycles. The first kappa shape index (κ1) is 19.9. The molecule has 3 heterocycles. The van der Waals surface area contributed by atoms with E-state index in [1.54, 1.807) is 0 Å². The van der Waals surface area contributed by atoms with Crippen molar-refractivity contribution in [3.63, 3.8) is 0 Å². The molecule has 2 bridgehead atoms. The summed E-state index contributed by atoms with van der Waals surface area (Å²) in [4.78, 5) is 18.5. The second-order valence-corrected chi connectivity index (χ2v) is 11.9. The molecular formula is C29H32N2O3. The van der Waals surface area contributed by atoms with Crippen molar-refractivity contribution in [1.29, 1.82) is 0 Å². The van der Waals surface area contributed by atoms with Crippen molar-refractivity contribution >= 4 is 5.91 Å². The molecule has 8 rings (SSSR count). The maximum absolute atomic E-state index is 13.6. The first-order valence-corrected chi connectivity index (χ1v) is 13.1. The quantitative estimate of drug-likeness (QED) is 0.750. The molecule has 6 unspecified atom stereocenters. The van der Waals surface area contributed by atoms with E-state index in [1.807, 2.05) is 36.4 Å². The van der Waals surface area contributed by atoms with Gasteiger partial charge < -0.3 is 14.7 Å². The van der Waals surface area contributed by atoms with Gasteiger partial charge in [0, 0.05) is 48.1 Å². The van der Waals surface area contributed by atoms with Gasteiger partial charge in [-0.1, -0.05) is 24.3 Å². The van der Waals surface area contributed by atoms with E-state index in [-0.39, 0.29) is 29.1 Å². The second-order valence-electron chi connectivity index (χ2n) is 11.9. The molecule has 2 saturated carbocycles. The summed E-state index contributed by atoms with van der Waals surface area (Å²) in [5.74, 6) is 1.98. The molecule has 0 aromatic heterocycles. The van der Waals surface area contributed by atoms with Crippen LogP contribution in [0.3, 0.4) is 0 Å². The summed E-state index contributed by atoms with van der Waals surface area (Å²) in [5.41, 5.74) is 3.23. The molecule has 5 heteroatoms. The number of aromatic hydroxyl groups is 1. The van der Waals surface area contributed by atoms with Gasteiger partial charge >= 0.3 is 0 Å². The molecule has 2 aromatic rings. The van der Waals surface area contributed by atoms with Crippen LogP contribution in [0.2, 0.25) is 0 Å². The van der Waals surface area contributed by atoms with Gasteiger partial charge in [-0.15, -0.1) is 0 Å². The van der Waals surface area contributed by atoms with E-state index in [4.69, 9.17) is 4.74 Å². The third-order valence-electron chi connectivity index (χ3n) is 10.6. The Morgan fingerprint density at radius 2 is 1.94 bits per heavy atom. The number of likely N-dealkylation sites (tertiary alicyclic amines) is 2. The molecule has 34 heavy (non-hydrogen) atoms. The molecule has 1 spiro atoms. The Hall–Kier alpha value is -2.37. The molecule has 6 aliphatic rings. The predicted molar refractivity (Wildman–Crippen MR) is 128 cm³/mol. The van der Waals surface area contributed by atoms with E-state index in [2.05, 4.69) is 35.8 Å². The number of phenols is 1. The van der Waals surface area contributed by atoms with Crippen LogP contribution in [0.4, 0.5) is 0 Å². The van der Waals surface area contributed by atoms with Crippen LogP contribution in [0, 0.1) is 17.8 Å². The van der Waals surface area contributed by atoms with Crippen LogP contribution >= 0.6 is 0 Å². The third-order valence-corrected chi connectivity index (χ3v) is 10.6. The molecule has 3 aliphatic carbocycles. The molecule has 176 valence electrons. The van der Waals surface area contributed by atoms with E-state index >= 15 is 0 Å². The fourth-order valence-electron chi connectivity index (χ4n) is 9.92. The van der Waals surface area contributed by atoms with Crippen LogP contribution in [0.5, 0.6) is 5.75 Å². The highest BCUT2D eigenvalue weighted by atomic mass is 16.5. The number of benzene rings is 2. The summed E-state index contributed by atoms with van der Waals surface area (Å²) in [6.07, 6.45) is 3.17. The van der Waals surface area contributed by atoms with Gasteiger partial charge in [0.05, 0.1) is 11.7 Å². The van der Waals surface area contributed by atoms with Crippen molar-refractivity contribution in [3.05, 3.63) is 65.2 Å². The number of carbonyl (C=O) groups is 1. The van der Waals surface area contributed by atoms with Crippen LogP contribution < -0.4 is 0 Å². The molecule has 2 aromatic carbocycles. The van der Waals surface area contributed by atoms with Crippen molar-refractivity contribution < 1.29 is 14.6 Å². The zero-order chi connectivity index (χ0) is 23.0. The number of ether oxygens (including phenoxy) is 1. The number of amides is 1. The van der Waals surface area contributed by atoms with Gasteiger partial charge in [0.25, 0.3) is 5.91 Å². The van der Waals surface area contributed by atoms with Crippen molar-refractivity contribution in [1.82, 2.24) is 9.80 Å². The summed E-state index contributed by atoms with van der Waals surface area (Å²) in [6.45, 7) is 6.48. The van der Waals surface area contributed by atoms with Crippen LogP contribution in [-0.4, -0.2) is 63.7 Å². The normalized spacial score (nSPS) is 42.9. The standard InChI is InChI=1S/C29H32N2O3/c1-16(2)30-14-19-12-18-8-9-20(32)13-21(18)29-24(19)26(30)28(29)11-10-22-25(29)23(34-28)15-31(22)27(33)17-6-4-3-5-7-17/h3-9,13,16,19,22-26,32H,10-12,14-15H2,1-2H3/t19?,22?,23-,24+,25?,26?,28?,29?/m1/s1. The largest absolute Gasteiger partial charge is 0.508 e. The minimum Gasteiger partial charge on any atom is -0.508 e. The van der Waals surface area contributed by atoms with Gasteiger partial charge in [0.1, 0.15) is 5.75 Å². The van der Waals surface area contributed by atoms with Crippen LogP contribution in [0.15, 0.2) is 48.5 Å². The molecule has 0 radical (unpaired) electrons. The lowest BCUT2D eigenvalue weighted by Gasteiger charge is -2.72. The Labute approximate surface area is 200 Å². The van der Waals surface area contributed by atoms with E-state index in [0.717, 1.165) is 31.4 Å². The van der Waals surface area contributed by atoms with Gasteiger partial charge in [-0.2, -0.15) is 0 Å². The highest BCUT2D eigenvalue weighted by molar-refractivity contribution is 5.94. The third kappa shape index (κ3) is 1.98. The summed E-state index contributed by atoms with van der Waals surface area (Å²) in [7, 11) is 0. The number of hydrogen-bond donors (Lipinski definition) is 1. The maximum atomic E-state index is 13.6. The molecule has 3 saturated heterocycles. The van der Waals surface area contributed by atoms with Gasteiger partial charge in [-0.05, 0) is 80.3 Å². The Morgan fingerprint density at radius 3 is 2.74 bits per heavy atom. The van der Waals surface area contributed by atoms with Crippen molar-refractivity contribution in [2.45, 2.75) is 68.4 Å². The Balaban J connectivity index is 1.30. The lowest BCUT2D eigenvalue weighted by Crippen LogP contribution is -2.82. The highest BCUT2D eigenvalue weighted by Gasteiger charge is 2.88. The van der Waals surface area contributed by atoms with Crippen LogP contribution in [0.25, 0.3) is 0 Å². The first-order chi connectivity index (χ1) is 16.5. The smallest absolute Gasteiger partial charge is 0.254 e. The monoisotopic (exact) mass is 456 g/mol. The summed E-state index contributed by atoms with van der Waals surface area (Å²) >= 11 is 0. The minimum absolute atomic E-state index is 0.0775. The molecular weight excluding hydrogens is 424 g/mol. The van der Waals surface area contributed by atoms with Gasteiger partial charge in [0.2, 0.25) is 0 Å². The van der Waals surface area contributed by atoms with Crippen molar-refractivity contribution in [2.24, 2.45) is 17.8 Å². The zero-order valence-electron chi connectivity index (χ0n) is 19.9. The van der Waals surface area contributed by atoms with Crippen LogP contribution in [0.1, 0.15) is 48.2 Å². The highest BCUT2D eigenvalue weighted by Crippen LogP contribution is 2.79. The number of fused-ring (bicyclic) bond motifs is 1. The summed E-state index contributed by atoms with van der Waals surface area (Å²) < 4.78 is 7.23. The van der Waals surface area contributed by atoms with E-state index in [0.29, 0.717) is 42.1 Å². The number of phenolic OH excluding ortho intramolecular Hbond substituents is 1. The van der Waals surface area contributed by atoms with E-state index < -0.39 is 0 Å². The molecule has 1 amide bonds. The van der Waals surface area contributed by atoms with E-state index in [9.17, 15) is 9.90 Å². The van der Waals surface area contributed by atoms with Gasteiger partial charge in [-0.25, -0.2) is 0 Å². The van der Waals surface area contributed by atoms with Gasteiger partial charge in [0.15, 0.2) is 0 Å². The Bertz CT molecular complexity index is 1210.